The summed E-state index contributed by atoms with van der Waals surface area (Å²) in [6, 6.07) is 2.78. The van der Waals surface area contributed by atoms with Crippen molar-refractivity contribution in [2.45, 2.75) is 39.0 Å². The Hall–Kier alpha value is -1.72. The van der Waals surface area contributed by atoms with E-state index in [0.717, 1.165) is 12.1 Å². The second-order valence-corrected chi connectivity index (χ2v) is 4.90. The topological polar surface area (TPSA) is 32.3 Å². The van der Waals surface area contributed by atoms with E-state index in [1.807, 2.05) is 0 Å². The van der Waals surface area contributed by atoms with E-state index in [1.165, 1.54) is 11.0 Å². The van der Waals surface area contributed by atoms with Gasteiger partial charge in [-0.1, -0.05) is 0 Å². The van der Waals surface area contributed by atoms with Gasteiger partial charge in [-0.3, -0.25) is 4.79 Å². The van der Waals surface area contributed by atoms with Crippen molar-refractivity contribution < 1.29 is 18.0 Å². The summed E-state index contributed by atoms with van der Waals surface area (Å²) in [5, 5.41) is 2.91. The minimum Gasteiger partial charge on any atom is -0.372 e. The van der Waals surface area contributed by atoms with E-state index in [1.54, 1.807) is 20.8 Å². The van der Waals surface area contributed by atoms with Crippen LogP contribution in [0.25, 0.3) is 0 Å². The zero-order valence-corrected chi connectivity index (χ0v) is 10.9. The van der Waals surface area contributed by atoms with Gasteiger partial charge < -0.3 is 10.2 Å². The molecule has 1 heterocycles. The van der Waals surface area contributed by atoms with Gasteiger partial charge in [-0.15, -0.1) is 0 Å². The van der Waals surface area contributed by atoms with Gasteiger partial charge >= 0.3 is 6.18 Å². The van der Waals surface area contributed by atoms with Crippen molar-refractivity contribution in [1.82, 2.24) is 0 Å². The first-order chi connectivity index (χ1) is 8.71. The van der Waals surface area contributed by atoms with Crippen molar-refractivity contribution in [2.24, 2.45) is 0 Å². The fraction of sp³-hybridized carbons (Fsp3) is 0.462. The average Bonchev–Trinajstić information content (AvgIpc) is 2.28. The predicted molar refractivity (Wildman–Crippen MR) is 67.2 cm³/mol. The van der Waals surface area contributed by atoms with Crippen LogP contribution in [0.5, 0.6) is 0 Å². The van der Waals surface area contributed by atoms with Crippen LogP contribution >= 0.6 is 0 Å². The molecule has 1 aliphatic rings. The van der Waals surface area contributed by atoms with Crippen molar-refractivity contribution >= 4 is 17.3 Å². The highest BCUT2D eigenvalue weighted by Crippen LogP contribution is 2.38. The Morgan fingerprint density at radius 3 is 2.47 bits per heavy atom. The highest BCUT2D eigenvalue weighted by molar-refractivity contribution is 6.05. The Morgan fingerprint density at radius 1 is 1.32 bits per heavy atom. The van der Waals surface area contributed by atoms with E-state index in [2.05, 4.69) is 5.32 Å². The number of fused-ring (bicyclic) bond motifs is 1. The Balaban J connectivity index is 2.55. The van der Waals surface area contributed by atoms with Crippen LogP contribution in [-0.4, -0.2) is 18.0 Å². The number of carbonyl (C=O) groups excluding carboxylic acids is 1. The number of hydrogen-bond donors (Lipinski definition) is 1. The van der Waals surface area contributed by atoms with Crippen molar-refractivity contribution in [3.05, 3.63) is 23.8 Å². The molecule has 0 spiro atoms. The van der Waals surface area contributed by atoms with Crippen molar-refractivity contribution in [1.29, 1.82) is 0 Å². The molecule has 0 radical (unpaired) electrons. The molecule has 1 N–H and O–H groups in total. The molecule has 1 unspecified atom stereocenters. The summed E-state index contributed by atoms with van der Waals surface area (Å²) in [5.41, 5.74) is 0.0859. The monoisotopic (exact) mass is 272 g/mol. The maximum absolute atomic E-state index is 12.7. The lowest BCUT2D eigenvalue weighted by Crippen LogP contribution is -2.49. The number of hydrogen-bond acceptors (Lipinski definition) is 2. The van der Waals surface area contributed by atoms with Crippen molar-refractivity contribution in [3.8, 4) is 0 Å². The molecule has 1 amide bonds. The molecule has 0 saturated heterocycles. The second-order valence-electron chi connectivity index (χ2n) is 4.90. The number of nitrogens with one attached hydrogen (secondary N) is 1. The van der Waals surface area contributed by atoms with Crippen molar-refractivity contribution in [2.75, 3.05) is 10.2 Å². The third-order valence-corrected chi connectivity index (χ3v) is 3.08. The standard InChI is InChI=1S/C13H15F3N2O/c1-7(2)18-11-6-9(13(14,15)16)4-5-10(11)17-8(3)12(18)19/h4-8,17H,1-3H3. The van der Waals surface area contributed by atoms with E-state index >= 15 is 0 Å². The minimum absolute atomic E-state index is 0.195. The summed E-state index contributed by atoms with van der Waals surface area (Å²) < 4.78 is 38.2. The molecule has 104 valence electrons. The summed E-state index contributed by atoms with van der Waals surface area (Å²) in [6.45, 7) is 5.25. The van der Waals surface area contributed by atoms with Gasteiger partial charge in [-0.2, -0.15) is 13.2 Å². The Morgan fingerprint density at radius 2 is 1.95 bits per heavy atom. The van der Waals surface area contributed by atoms with E-state index in [-0.39, 0.29) is 17.6 Å². The molecule has 0 aromatic heterocycles. The lowest BCUT2D eigenvalue weighted by atomic mass is 10.1. The summed E-state index contributed by atoms with van der Waals surface area (Å²) >= 11 is 0. The van der Waals surface area contributed by atoms with Crippen molar-refractivity contribution in [3.63, 3.8) is 0 Å². The lowest BCUT2D eigenvalue weighted by molar-refractivity contribution is -0.137. The molecule has 1 aromatic rings. The maximum atomic E-state index is 12.7. The van der Waals surface area contributed by atoms with E-state index in [9.17, 15) is 18.0 Å². The van der Waals surface area contributed by atoms with Gasteiger partial charge in [0.05, 0.1) is 16.9 Å². The Kier molecular flexibility index (Phi) is 3.20. The summed E-state index contributed by atoms with van der Waals surface area (Å²) in [7, 11) is 0. The predicted octanol–water partition coefficient (Wildman–Crippen LogP) is 3.26. The SMILES string of the molecule is CC1Nc2ccc(C(F)(F)F)cc2N(C(C)C)C1=O. The van der Waals surface area contributed by atoms with Gasteiger partial charge in [0, 0.05) is 6.04 Å². The van der Waals surface area contributed by atoms with E-state index < -0.39 is 17.8 Å². The molecule has 1 aromatic carbocycles. The van der Waals surface area contributed by atoms with Crippen LogP contribution < -0.4 is 10.2 Å². The average molecular weight is 272 g/mol. The number of nitrogens with zero attached hydrogens (tertiary/aromatic N) is 1. The highest BCUT2D eigenvalue weighted by Gasteiger charge is 2.35. The summed E-state index contributed by atoms with van der Waals surface area (Å²) in [4.78, 5) is 13.5. The number of rotatable bonds is 1. The number of alkyl halides is 3. The number of carbonyl (C=O) groups is 1. The van der Waals surface area contributed by atoms with Gasteiger partial charge in [0.25, 0.3) is 0 Å². The Bertz CT molecular complexity index is 511. The normalized spacial score (nSPS) is 19.4. The molecule has 0 saturated carbocycles. The van der Waals surface area contributed by atoms with Gasteiger partial charge in [0.15, 0.2) is 0 Å². The van der Waals surface area contributed by atoms with Crippen LogP contribution in [0.15, 0.2) is 18.2 Å². The van der Waals surface area contributed by atoms with Gasteiger partial charge in [-0.25, -0.2) is 0 Å². The van der Waals surface area contributed by atoms with Gasteiger partial charge in [0.2, 0.25) is 5.91 Å². The zero-order valence-electron chi connectivity index (χ0n) is 10.9. The Labute approximate surface area is 109 Å². The maximum Gasteiger partial charge on any atom is 0.416 e. The third-order valence-electron chi connectivity index (χ3n) is 3.08. The molecule has 1 aliphatic heterocycles. The quantitative estimate of drug-likeness (QED) is 0.851. The zero-order chi connectivity index (χ0) is 14.4. The number of halogens is 3. The molecule has 1 atom stereocenters. The second kappa shape index (κ2) is 4.43. The molecule has 19 heavy (non-hydrogen) atoms. The van der Waals surface area contributed by atoms with Crippen LogP contribution in [-0.2, 0) is 11.0 Å². The molecule has 0 bridgehead atoms. The molecule has 3 nitrogen and oxygen atoms in total. The van der Waals surface area contributed by atoms with Crippen LogP contribution in [0.3, 0.4) is 0 Å². The minimum atomic E-state index is -4.41. The smallest absolute Gasteiger partial charge is 0.372 e. The number of amides is 1. The number of benzene rings is 1. The first-order valence-corrected chi connectivity index (χ1v) is 6.02. The molecular formula is C13H15F3N2O. The van der Waals surface area contributed by atoms with E-state index in [4.69, 9.17) is 0 Å². The van der Waals surface area contributed by atoms with Gasteiger partial charge in [0.1, 0.15) is 6.04 Å². The van der Waals surface area contributed by atoms with Crippen LogP contribution in [0.1, 0.15) is 26.3 Å². The fourth-order valence-electron chi connectivity index (χ4n) is 2.18. The molecule has 6 heteroatoms. The van der Waals surface area contributed by atoms with Gasteiger partial charge in [-0.05, 0) is 39.0 Å². The summed E-state index contributed by atoms with van der Waals surface area (Å²) in [6.07, 6.45) is -4.41. The largest absolute Gasteiger partial charge is 0.416 e. The molecule has 2 rings (SSSR count). The first kappa shape index (κ1) is 13.7. The van der Waals surface area contributed by atoms with E-state index in [0.29, 0.717) is 5.69 Å². The first-order valence-electron chi connectivity index (χ1n) is 6.02. The third kappa shape index (κ3) is 2.39. The fourth-order valence-corrected chi connectivity index (χ4v) is 2.18. The molecule has 0 aliphatic carbocycles. The highest BCUT2D eigenvalue weighted by atomic mass is 19.4. The summed E-state index contributed by atoms with van der Waals surface area (Å²) in [5.74, 6) is -0.221. The van der Waals surface area contributed by atoms with Crippen LogP contribution in [0.2, 0.25) is 0 Å². The lowest BCUT2D eigenvalue weighted by Gasteiger charge is -2.37. The van der Waals surface area contributed by atoms with Crippen LogP contribution in [0.4, 0.5) is 24.5 Å². The molecular weight excluding hydrogens is 257 g/mol. The van der Waals surface area contributed by atoms with Crippen LogP contribution in [0, 0.1) is 0 Å². The molecule has 0 fully saturated rings. The number of anilines is 2.